The number of carboxylic acids is 1. The number of methoxy groups -OCH3 is 1. The standard InChI is InChI=1S/C13H22O5.C7H8O2/c1-8-3-4-10(14)6-9(5-8)11(13(16)17)7-12(15)18-2;8-5-3-6-1-2-7(4-5)9-6/h8-11,14H,3-7H2,1-2H3,(H,16,17);1-2,6-7H,3-4H2/t8-,9-,10+,11?;/m1./s1. The summed E-state index contributed by atoms with van der Waals surface area (Å²) >= 11 is 0. The van der Waals surface area contributed by atoms with E-state index < -0.39 is 24.0 Å². The summed E-state index contributed by atoms with van der Waals surface area (Å²) in [5.74, 6) is -1.69. The molecule has 6 atom stereocenters. The van der Waals surface area contributed by atoms with E-state index in [1.807, 2.05) is 12.2 Å². The van der Waals surface area contributed by atoms with Gasteiger partial charge in [0.1, 0.15) is 5.78 Å². The largest absolute Gasteiger partial charge is 0.481 e. The van der Waals surface area contributed by atoms with Crippen molar-refractivity contribution in [3.05, 3.63) is 12.2 Å². The maximum Gasteiger partial charge on any atom is 0.307 e. The topological polar surface area (TPSA) is 110 Å². The molecule has 3 unspecified atom stereocenters. The van der Waals surface area contributed by atoms with Crippen LogP contribution in [-0.4, -0.2) is 53.4 Å². The lowest BCUT2D eigenvalue weighted by molar-refractivity contribution is -0.152. The zero-order valence-electron chi connectivity index (χ0n) is 16.0. The molecule has 0 spiro atoms. The molecule has 7 heteroatoms. The van der Waals surface area contributed by atoms with Crippen LogP contribution in [0.4, 0.5) is 0 Å². The van der Waals surface area contributed by atoms with E-state index in [9.17, 15) is 24.6 Å². The first-order valence-corrected chi connectivity index (χ1v) is 9.61. The van der Waals surface area contributed by atoms with E-state index in [1.165, 1.54) is 7.11 Å². The van der Waals surface area contributed by atoms with Gasteiger partial charge in [-0.2, -0.15) is 0 Å². The number of Topliss-reactive ketones (excluding diaryl/α,β-unsaturated/α-hetero) is 1. The first-order valence-electron chi connectivity index (χ1n) is 9.61. The Morgan fingerprint density at radius 3 is 2.41 bits per heavy atom. The maximum atomic E-state index is 11.3. The van der Waals surface area contributed by atoms with Crippen molar-refractivity contribution in [1.82, 2.24) is 0 Å². The first-order chi connectivity index (χ1) is 12.8. The fraction of sp³-hybridized carbons (Fsp3) is 0.750. The fourth-order valence-electron chi connectivity index (χ4n) is 4.05. The highest BCUT2D eigenvalue weighted by Crippen LogP contribution is 2.34. The number of carbonyl (C=O) groups is 3. The SMILES string of the molecule is COC(=O)CC(C(=O)O)[C@@H]1C[C@H](C)CC[C@H](O)C1.O=C1CC2C=CC(C1)O2. The third kappa shape index (κ3) is 6.74. The van der Waals surface area contributed by atoms with Crippen molar-refractivity contribution in [2.45, 2.75) is 70.2 Å². The molecule has 7 nitrogen and oxygen atoms in total. The molecule has 0 radical (unpaired) electrons. The van der Waals surface area contributed by atoms with E-state index in [2.05, 4.69) is 11.7 Å². The number of aliphatic hydroxyl groups excluding tert-OH is 1. The Morgan fingerprint density at radius 2 is 1.85 bits per heavy atom. The Morgan fingerprint density at radius 1 is 1.22 bits per heavy atom. The number of ether oxygens (including phenoxy) is 2. The molecule has 1 saturated heterocycles. The molecule has 2 aliphatic heterocycles. The first kappa shape index (κ1) is 21.6. The normalized spacial score (nSPS) is 33.4. The number of hydrogen-bond donors (Lipinski definition) is 2. The van der Waals surface area contributed by atoms with Crippen LogP contribution in [0.2, 0.25) is 0 Å². The lowest BCUT2D eigenvalue weighted by atomic mass is 9.81. The van der Waals surface area contributed by atoms with E-state index in [-0.39, 0.29) is 24.5 Å². The summed E-state index contributed by atoms with van der Waals surface area (Å²) in [5, 5.41) is 19.0. The molecule has 1 aliphatic carbocycles. The van der Waals surface area contributed by atoms with Gasteiger partial charge in [-0.1, -0.05) is 19.1 Å². The highest BCUT2D eigenvalue weighted by Gasteiger charge is 2.34. The molecule has 2 fully saturated rings. The van der Waals surface area contributed by atoms with Crippen LogP contribution in [0, 0.1) is 17.8 Å². The molecule has 2 bridgehead atoms. The fourth-order valence-corrected chi connectivity index (χ4v) is 4.05. The van der Waals surface area contributed by atoms with Crippen LogP contribution in [0.15, 0.2) is 12.2 Å². The average molecular weight is 382 g/mol. The second-order valence-electron chi connectivity index (χ2n) is 7.84. The number of hydrogen-bond acceptors (Lipinski definition) is 6. The number of ketones is 1. The van der Waals surface area contributed by atoms with E-state index >= 15 is 0 Å². The van der Waals surface area contributed by atoms with Crippen molar-refractivity contribution >= 4 is 17.7 Å². The number of fused-ring (bicyclic) bond motifs is 2. The minimum atomic E-state index is -0.980. The zero-order chi connectivity index (χ0) is 20.0. The summed E-state index contributed by atoms with van der Waals surface area (Å²) in [6.45, 7) is 2.06. The summed E-state index contributed by atoms with van der Waals surface area (Å²) in [6.07, 6.45) is 7.60. The minimum absolute atomic E-state index is 0.108. The van der Waals surface area contributed by atoms with Crippen LogP contribution in [0.5, 0.6) is 0 Å². The van der Waals surface area contributed by atoms with Crippen LogP contribution in [-0.2, 0) is 23.9 Å². The van der Waals surface area contributed by atoms with Crippen LogP contribution >= 0.6 is 0 Å². The molecular formula is C20H30O7. The smallest absolute Gasteiger partial charge is 0.307 e. The predicted molar refractivity (Wildman–Crippen MR) is 96.9 cm³/mol. The lowest BCUT2D eigenvalue weighted by Crippen LogP contribution is -2.29. The van der Waals surface area contributed by atoms with Crippen molar-refractivity contribution in [3.8, 4) is 0 Å². The monoisotopic (exact) mass is 382 g/mol. The second kappa shape index (κ2) is 9.99. The van der Waals surface area contributed by atoms with Gasteiger partial charge in [0.2, 0.25) is 0 Å². The molecule has 0 aromatic carbocycles. The van der Waals surface area contributed by atoms with E-state index in [0.717, 1.165) is 12.8 Å². The summed E-state index contributed by atoms with van der Waals surface area (Å²) in [5.41, 5.74) is 0. The van der Waals surface area contributed by atoms with Gasteiger partial charge in [-0.25, -0.2) is 0 Å². The Balaban J connectivity index is 0.000000239. The number of carboxylic acid groups (broad SMARTS) is 1. The summed E-state index contributed by atoms with van der Waals surface area (Å²) in [4.78, 5) is 33.4. The third-order valence-corrected chi connectivity index (χ3v) is 5.52. The molecule has 27 heavy (non-hydrogen) atoms. The molecule has 152 valence electrons. The second-order valence-corrected chi connectivity index (χ2v) is 7.84. The molecular weight excluding hydrogens is 352 g/mol. The van der Waals surface area contributed by atoms with Crippen LogP contribution in [0.25, 0.3) is 0 Å². The molecule has 0 aromatic rings. The molecule has 2 heterocycles. The third-order valence-electron chi connectivity index (χ3n) is 5.52. The molecule has 3 aliphatic rings. The Bertz CT molecular complexity index is 543. The van der Waals surface area contributed by atoms with Gasteiger partial charge in [-0.3, -0.25) is 14.4 Å². The molecule has 2 N–H and O–H groups in total. The van der Waals surface area contributed by atoms with Gasteiger partial charge < -0.3 is 19.7 Å². The lowest BCUT2D eigenvalue weighted by Gasteiger charge is -2.24. The summed E-state index contributed by atoms with van der Waals surface area (Å²) < 4.78 is 9.88. The van der Waals surface area contributed by atoms with Crippen LogP contribution in [0.3, 0.4) is 0 Å². The maximum absolute atomic E-state index is 11.3. The minimum Gasteiger partial charge on any atom is -0.481 e. The molecule has 0 aromatic heterocycles. The van der Waals surface area contributed by atoms with E-state index in [4.69, 9.17) is 4.74 Å². The van der Waals surface area contributed by atoms with Gasteiger partial charge >= 0.3 is 11.9 Å². The zero-order valence-corrected chi connectivity index (χ0v) is 16.0. The van der Waals surface area contributed by atoms with Crippen LogP contribution in [0.1, 0.15) is 51.9 Å². The summed E-state index contributed by atoms with van der Waals surface area (Å²) in [7, 11) is 1.26. The van der Waals surface area contributed by atoms with Crippen LogP contribution < -0.4 is 0 Å². The molecule has 1 saturated carbocycles. The van der Waals surface area contributed by atoms with Crippen molar-refractivity contribution in [2.75, 3.05) is 7.11 Å². The highest BCUT2D eigenvalue weighted by molar-refractivity contribution is 5.81. The van der Waals surface area contributed by atoms with Gasteiger partial charge in [0.15, 0.2) is 0 Å². The highest BCUT2D eigenvalue weighted by atomic mass is 16.5. The Labute approximate surface area is 159 Å². The van der Waals surface area contributed by atoms with Gasteiger partial charge in [-0.15, -0.1) is 0 Å². The Kier molecular flexibility index (Phi) is 7.98. The van der Waals surface area contributed by atoms with Crippen molar-refractivity contribution < 1.29 is 34.1 Å². The average Bonchev–Trinajstić information content (AvgIpc) is 2.85. The number of carbonyl (C=O) groups excluding carboxylic acids is 2. The van der Waals surface area contributed by atoms with Crippen molar-refractivity contribution in [3.63, 3.8) is 0 Å². The van der Waals surface area contributed by atoms with E-state index in [1.54, 1.807) is 0 Å². The number of aliphatic carboxylic acids is 1. The molecule has 3 rings (SSSR count). The number of aliphatic hydroxyl groups is 1. The van der Waals surface area contributed by atoms with Gasteiger partial charge in [0.25, 0.3) is 0 Å². The number of rotatable bonds is 4. The van der Waals surface area contributed by atoms with Gasteiger partial charge in [0.05, 0.1) is 37.8 Å². The van der Waals surface area contributed by atoms with Gasteiger partial charge in [0, 0.05) is 12.8 Å². The quantitative estimate of drug-likeness (QED) is 0.435. The number of esters is 1. The Hall–Kier alpha value is -1.73. The predicted octanol–water partition coefficient (Wildman–Crippen LogP) is 2.11. The van der Waals surface area contributed by atoms with Gasteiger partial charge in [-0.05, 0) is 37.5 Å². The summed E-state index contributed by atoms with van der Waals surface area (Å²) in [6, 6.07) is 0. The van der Waals surface area contributed by atoms with Crippen molar-refractivity contribution in [1.29, 1.82) is 0 Å². The molecule has 0 amide bonds. The van der Waals surface area contributed by atoms with Crippen molar-refractivity contribution in [2.24, 2.45) is 17.8 Å². The van der Waals surface area contributed by atoms with E-state index in [0.29, 0.717) is 37.4 Å².